The van der Waals surface area contributed by atoms with Crippen molar-refractivity contribution in [2.45, 2.75) is 6.61 Å². The number of nitrogens with zero attached hydrogens (tertiary/aromatic N) is 1. The van der Waals surface area contributed by atoms with E-state index in [-0.39, 0.29) is 34.4 Å². The molecule has 3 aromatic carbocycles. The second kappa shape index (κ2) is 11.2. The van der Waals surface area contributed by atoms with Crippen LogP contribution in [0.15, 0.2) is 64.6 Å². The monoisotopic (exact) mass is 604 g/mol. The van der Waals surface area contributed by atoms with Gasteiger partial charge in [0.25, 0.3) is 11.8 Å². The normalized spacial score (nSPS) is 14.6. The van der Waals surface area contributed by atoms with Crippen LogP contribution in [0.2, 0.25) is 10.0 Å². The molecule has 1 heterocycles. The minimum atomic E-state index is -0.951. The predicted molar refractivity (Wildman–Crippen MR) is 143 cm³/mol. The molecule has 1 aliphatic heterocycles. The lowest BCUT2D eigenvalue weighted by molar-refractivity contribution is -0.122. The first-order chi connectivity index (χ1) is 17.7. The lowest BCUT2D eigenvalue weighted by atomic mass is 10.1. The highest BCUT2D eigenvalue weighted by Crippen LogP contribution is 2.39. The maximum Gasteiger partial charge on any atom is 0.336 e. The molecule has 0 saturated carbocycles. The number of hydrogen-bond acceptors (Lipinski definition) is 6. The van der Waals surface area contributed by atoms with Crippen molar-refractivity contribution in [3.05, 3.63) is 85.8 Å². The minimum absolute atomic E-state index is 0.0439. The lowest BCUT2D eigenvalue weighted by Gasteiger charge is -2.28. The number of urea groups is 1. The second-order valence-electron chi connectivity index (χ2n) is 7.71. The summed E-state index contributed by atoms with van der Waals surface area (Å²) in [6.45, 7) is 0.234. The standard InChI is InChI=1S/C26H19BrCl2N2O6/c1-35-22-12-20(23(36-2)11-19(22)29)31-25(33)18(24(32)30-26(31)34)10-15-9-17(28)7-8-21(15)37-13-14-3-5-16(27)6-4-14/h3-12H,13H2,1-2H3,(H,30,32,34)/b18-10+. The highest BCUT2D eigenvalue weighted by Gasteiger charge is 2.39. The maximum absolute atomic E-state index is 13.5. The van der Waals surface area contributed by atoms with Gasteiger partial charge in [0.15, 0.2) is 0 Å². The topological polar surface area (TPSA) is 94.2 Å². The summed E-state index contributed by atoms with van der Waals surface area (Å²) in [4.78, 5) is 39.7. The zero-order chi connectivity index (χ0) is 26.7. The molecule has 11 heteroatoms. The number of barbiturate groups is 1. The molecule has 1 fully saturated rings. The Labute approximate surface area is 230 Å². The number of rotatable bonds is 7. The van der Waals surface area contributed by atoms with Crippen LogP contribution in [-0.4, -0.2) is 32.1 Å². The predicted octanol–water partition coefficient (Wildman–Crippen LogP) is 6.02. The Hall–Kier alpha value is -3.53. The van der Waals surface area contributed by atoms with E-state index >= 15 is 0 Å². The molecule has 4 amide bonds. The molecule has 0 atom stereocenters. The van der Waals surface area contributed by atoms with Gasteiger partial charge in [-0.2, -0.15) is 0 Å². The van der Waals surface area contributed by atoms with Crippen LogP contribution in [0.25, 0.3) is 6.08 Å². The fourth-order valence-corrected chi connectivity index (χ4v) is 4.23. The van der Waals surface area contributed by atoms with Crippen molar-refractivity contribution in [1.29, 1.82) is 0 Å². The summed E-state index contributed by atoms with van der Waals surface area (Å²) >= 11 is 15.7. The minimum Gasteiger partial charge on any atom is -0.495 e. The Morgan fingerprint density at radius 2 is 1.62 bits per heavy atom. The molecule has 1 aliphatic rings. The smallest absolute Gasteiger partial charge is 0.336 e. The molecule has 4 rings (SSSR count). The SMILES string of the molecule is COc1cc(N2C(=O)NC(=O)/C(=C\c3cc(Cl)ccc3OCc3ccc(Br)cc3)C2=O)c(OC)cc1Cl. The van der Waals surface area contributed by atoms with E-state index in [2.05, 4.69) is 21.2 Å². The summed E-state index contributed by atoms with van der Waals surface area (Å²) in [5.41, 5.74) is 1.01. The van der Waals surface area contributed by atoms with Gasteiger partial charge in [-0.25, -0.2) is 9.69 Å². The quantitative estimate of drug-likeness (QED) is 0.261. The van der Waals surface area contributed by atoms with E-state index in [4.69, 9.17) is 37.4 Å². The first-order valence-corrected chi connectivity index (χ1v) is 12.3. The van der Waals surface area contributed by atoms with Crippen LogP contribution < -0.4 is 24.4 Å². The number of nitrogens with one attached hydrogen (secondary N) is 1. The van der Waals surface area contributed by atoms with Gasteiger partial charge >= 0.3 is 6.03 Å². The summed E-state index contributed by atoms with van der Waals surface area (Å²) in [6.07, 6.45) is 1.32. The molecule has 37 heavy (non-hydrogen) atoms. The number of carbonyl (C=O) groups is 3. The fourth-order valence-electron chi connectivity index (χ4n) is 3.56. The summed E-state index contributed by atoms with van der Waals surface area (Å²) in [5, 5.41) is 2.76. The van der Waals surface area contributed by atoms with E-state index < -0.39 is 17.8 Å². The van der Waals surface area contributed by atoms with E-state index in [0.717, 1.165) is 14.9 Å². The Balaban J connectivity index is 1.72. The molecule has 0 spiro atoms. The van der Waals surface area contributed by atoms with Crippen LogP contribution in [-0.2, 0) is 16.2 Å². The lowest BCUT2D eigenvalue weighted by Crippen LogP contribution is -2.54. The Morgan fingerprint density at radius 1 is 0.919 bits per heavy atom. The number of methoxy groups -OCH3 is 2. The van der Waals surface area contributed by atoms with E-state index in [1.807, 2.05) is 24.3 Å². The highest BCUT2D eigenvalue weighted by atomic mass is 79.9. The second-order valence-corrected chi connectivity index (χ2v) is 9.47. The van der Waals surface area contributed by atoms with Crippen LogP contribution in [0.3, 0.4) is 0 Å². The van der Waals surface area contributed by atoms with Crippen molar-refractivity contribution in [3.8, 4) is 17.2 Å². The largest absolute Gasteiger partial charge is 0.495 e. The van der Waals surface area contributed by atoms with Gasteiger partial charge in [0.05, 0.1) is 24.9 Å². The molecule has 0 radical (unpaired) electrons. The summed E-state index contributed by atoms with van der Waals surface area (Å²) < 4.78 is 17.4. The van der Waals surface area contributed by atoms with Gasteiger partial charge in [-0.1, -0.05) is 51.3 Å². The number of halogens is 3. The van der Waals surface area contributed by atoms with Crippen LogP contribution >= 0.6 is 39.1 Å². The van der Waals surface area contributed by atoms with Gasteiger partial charge in [-0.05, 0) is 42.0 Å². The molecule has 3 aromatic rings. The van der Waals surface area contributed by atoms with Crippen LogP contribution in [0.4, 0.5) is 10.5 Å². The first-order valence-electron chi connectivity index (χ1n) is 10.7. The molecule has 0 aliphatic carbocycles. The van der Waals surface area contributed by atoms with Gasteiger partial charge in [-0.15, -0.1) is 0 Å². The van der Waals surface area contributed by atoms with Crippen molar-refractivity contribution < 1.29 is 28.6 Å². The third kappa shape index (κ3) is 5.74. The van der Waals surface area contributed by atoms with Crippen molar-refractivity contribution in [2.24, 2.45) is 0 Å². The number of imide groups is 2. The summed E-state index contributed by atoms with van der Waals surface area (Å²) in [5.74, 6) is -1.03. The van der Waals surface area contributed by atoms with Gasteiger partial charge in [0, 0.05) is 27.2 Å². The third-order valence-electron chi connectivity index (χ3n) is 5.38. The molecule has 0 aromatic heterocycles. The summed E-state index contributed by atoms with van der Waals surface area (Å²) in [7, 11) is 2.75. The van der Waals surface area contributed by atoms with E-state index in [0.29, 0.717) is 16.3 Å². The third-order valence-corrected chi connectivity index (χ3v) is 6.43. The number of ether oxygens (including phenoxy) is 3. The molecule has 1 saturated heterocycles. The average Bonchev–Trinajstić information content (AvgIpc) is 2.87. The van der Waals surface area contributed by atoms with Crippen molar-refractivity contribution >= 4 is 68.7 Å². The number of anilines is 1. The number of hydrogen-bond donors (Lipinski definition) is 1. The Morgan fingerprint density at radius 3 is 2.30 bits per heavy atom. The van der Waals surface area contributed by atoms with Crippen molar-refractivity contribution in [1.82, 2.24) is 5.32 Å². The van der Waals surface area contributed by atoms with Crippen molar-refractivity contribution in [2.75, 3.05) is 19.1 Å². The average molecular weight is 606 g/mol. The molecular formula is C26H19BrCl2N2O6. The molecule has 190 valence electrons. The fraction of sp³-hybridized carbons (Fsp3) is 0.115. The van der Waals surface area contributed by atoms with Crippen LogP contribution in [0, 0.1) is 0 Å². The molecule has 0 bridgehead atoms. The van der Waals surface area contributed by atoms with Crippen molar-refractivity contribution in [3.63, 3.8) is 0 Å². The Bertz CT molecular complexity index is 1430. The van der Waals surface area contributed by atoms with Gasteiger partial charge in [0.2, 0.25) is 0 Å². The first kappa shape index (κ1) is 26.5. The molecule has 8 nitrogen and oxygen atoms in total. The number of benzene rings is 3. The number of carbonyl (C=O) groups excluding carboxylic acids is 3. The molecule has 0 unspecified atom stereocenters. The van der Waals surface area contributed by atoms with E-state index in [9.17, 15) is 14.4 Å². The number of amides is 4. The zero-order valence-electron chi connectivity index (χ0n) is 19.5. The van der Waals surface area contributed by atoms with E-state index in [1.54, 1.807) is 18.2 Å². The van der Waals surface area contributed by atoms with Crippen LogP contribution in [0.5, 0.6) is 17.2 Å². The molecular weight excluding hydrogens is 587 g/mol. The zero-order valence-corrected chi connectivity index (χ0v) is 22.6. The Kier molecular flexibility index (Phi) is 8.06. The highest BCUT2D eigenvalue weighted by molar-refractivity contribution is 9.10. The van der Waals surface area contributed by atoms with E-state index in [1.165, 1.54) is 32.4 Å². The maximum atomic E-state index is 13.5. The van der Waals surface area contributed by atoms with Crippen LogP contribution in [0.1, 0.15) is 11.1 Å². The molecule has 1 N–H and O–H groups in total. The van der Waals surface area contributed by atoms with Gasteiger partial charge in [-0.3, -0.25) is 14.9 Å². The van der Waals surface area contributed by atoms with Gasteiger partial charge < -0.3 is 14.2 Å². The summed E-state index contributed by atoms with van der Waals surface area (Å²) in [6, 6.07) is 14.2. The van der Waals surface area contributed by atoms with Gasteiger partial charge in [0.1, 0.15) is 29.4 Å².